The smallest absolute Gasteiger partial charge is 0.240 e. The van der Waals surface area contributed by atoms with Crippen LogP contribution in [0.2, 0.25) is 0 Å². The van der Waals surface area contributed by atoms with E-state index in [1.54, 1.807) is 18.2 Å². The number of benzene rings is 1. The van der Waals surface area contributed by atoms with Crippen molar-refractivity contribution in [2.45, 2.75) is 30.6 Å². The van der Waals surface area contributed by atoms with E-state index in [1.165, 1.54) is 25.3 Å². The summed E-state index contributed by atoms with van der Waals surface area (Å²) in [5, 5.41) is 0. The maximum atomic E-state index is 12.1. The van der Waals surface area contributed by atoms with Crippen LogP contribution >= 0.6 is 0 Å². The molecule has 1 aliphatic heterocycles. The van der Waals surface area contributed by atoms with E-state index in [1.807, 2.05) is 0 Å². The molecule has 20 heavy (non-hydrogen) atoms. The number of nitrogens with one attached hydrogen (secondary N) is 1. The number of hydrogen-bond acceptors (Lipinski definition) is 4. The van der Waals surface area contributed by atoms with Crippen molar-refractivity contribution in [1.29, 1.82) is 0 Å². The summed E-state index contributed by atoms with van der Waals surface area (Å²) < 4.78 is 26.7. The SMILES string of the molecule is Nc1cccc(S(=O)(=O)NCCCN2CCCCC2)c1. The summed E-state index contributed by atoms with van der Waals surface area (Å²) in [5.74, 6) is 0. The topological polar surface area (TPSA) is 75.4 Å². The van der Waals surface area contributed by atoms with Gasteiger partial charge in [-0.3, -0.25) is 0 Å². The minimum absolute atomic E-state index is 0.232. The third-order valence-electron chi connectivity index (χ3n) is 3.56. The highest BCUT2D eigenvalue weighted by atomic mass is 32.2. The van der Waals surface area contributed by atoms with Gasteiger partial charge in [0.15, 0.2) is 0 Å². The van der Waals surface area contributed by atoms with Crippen molar-refractivity contribution in [3.8, 4) is 0 Å². The number of likely N-dealkylation sites (tertiary alicyclic amines) is 1. The lowest BCUT2D eigenvalue weighted by atomic mass is 10.1. The van der Waals surface area contributed by atoms with Crippen molar-refractivity contribution in [2.24, 2.45) is 0 Å². The quantitative estimate of drug-likeness (QED) is 0.615. The first-order chi connectivity index (χ1) is 9.58. The predicted octanol–water partition coefficient (Wildman–Crippen LogP) is 1.42. The molecule has 2 rings (SSSR count). The van der Waals surface area contributed by atoms with Gasteiger partial charge in [-0.1, -0.05) is 12.5 Å². The summed E-state index contributed by atoms with van der Waals surface area (Å²) in [5.41, 5.74) is 6.07. The number of sulfonamides is 1. The molecule has 0 saturated carbocycles. The third-order valence-corrected chi connectivity index (χ3v) is 5.02. The van der Waals surface area contributed by atoms with Gasteiger partial charge in [-0.15, -0.1) is 0 Å². The van der Waals surface area contributed by atoms with E-state index in [0.29, 0.717) is 12.2 Å². The molecule has 1 aromatic rings. The van der Waals surface area contributed by atoms with E-state index < -0.39 is 10.0 Å². The Morgan fingerprint density at radius 2 is 1.95 bits per heavy atom. The van der Waals surface area contributed by atoms with Crippen LogP contribution in [0.1, 0.15) is 25.7 Å². The number of hydrogen-bond donors (Lipinski definition) is 2. The minimum atomic E-state index is -3.43. The van der Waals surface area contributed by atoms with Gasteiger partial charge in [0.05, 0.1) is 4.90 Å². The Labute approximate surface area is 121 Å². The Kier molecular flexibility index (Phi) is 5.39. The first-order valence-corrected chi connectivity index (χ1v) is 8.64. The average Bonchev–Trinajstić information content (AvgIpc) is 2.45. The summed E-state index contributed by atoms with van der Waals surface area (Å²) in [6, 6.07) is 6.36. The monoisotopic (exact) mass is 297 g/mol. The Hall–Kier alpha value is -1.11. The van der Waals surface area contributed by atoms with Crippen LogP contribution in [0.25, 0.3) is 0 Å². The molecule has 0 aromatic heterocycles. The average molecular weight is 297 g/mol. The van der Waals surface area contributed by atoms with Gasteiger partial charge in [-0.2, -0.15) is 0 Å². The second kappa shape index (κ2) is 7.06. The van der Waals surface area contributed by atoms with Crippen LogP contribution in [0.3, 0.4) is 0 Å². The van der Waals surface area contributed by atoms with Crippen molar-refractivity contribution >= 4 is 15.7 Å². The number of nitrogens with two attached hydrogens (primary N) is 1. The molecule has 6 heteroatoms. The molecule has 0 aliphatic carbocycles. The van der Waals surface area contributed by atoms with Crippen LogP contribution in [-0.4, -0.2) is 39.5 Å². The van der Waals surface area contributed by atoms with Gasteiger partial charge >= 0.3 is 0 Å². The maximum absolute atomic E-state index is 12.1. The molecule has 0 amide bonds. The van der Waals surface area contributed by atoms with Crippen LogP contribution in [0, 0.1) is 0 Å². The molecule has 1 aliphatic rings. The van der Waals surface area contributed by atoms with Gasteiger partial charge in [0.25, 0.3) is 0 Å². The van der Waals surface area contributed by atoms with Crippen molar-refractivity contribution in [2.75, 3.05) is 31.9 Å². The summed E-state index contributed by atoms with van der Waals surface area (Å²) in [7, 11) is -3.43. The standard InChI is InChI=1S/C14H23N3O2S/c15-13-6-4-7-14(12-13)20(18,19)16-8-5-11-17-9-2-1-3-10-17/h4,6-7,12,16H,1-3,5,8-11,15H2. The number of piperidine rings is 1. The second-order valence-corrected chi connectivity index (χ2v) is 6.99. The fourth-order valence-corrected chi connectivity index (χ4v) is 3.59. The van der Waals surface area contributed by atoms with E-state index in [4.69, 9.17) is 5.73 Å². The first-order valence-electron chi connectivity index (χ1n) is 7.15. The molecule has 1 fully saturated rings. The Morgan fingerprint density at radius 3 is 2.65 bits per heavy atom. The highest BCUT2D eigenvalue weighted by Gasteiger charge is 2.14. The van der Waals surface area contributed by atoms with Crippen LogP contribution in [-0.2, 0) is 10.0 Å². The third kappa shape index (κ3) is 4.47. The van der Waals surface area contributed by atoms with Gasteiger partial charge in [-0.05, 0) is 57.1 Å². The van der Waals surface area contributed by atoms with Crippen molar-refractivity contribution in [3.05, 3.63) is 24.3 Å². The summed E-state index contributed by atoms with van der Waals surface area (Å²) >= 11 is 0. The van der Waals surface area contributed by atoms with E-state index in [0.717, 1.165) is 26.1 Å². The second-order valence-electron chi connectivity index (χ2n) is 5.23. The number of nitrogens with zero attached hydrogens (tertiary/aromatic N) is 1. The Balaban J connectivity index is 1.78. The lowest BCUT2D eigenvalue weighted by Crippen LogP contribution is -2.33. The summed E-state index contributed by atoms with van der Waals surface area (Å²) in [6.45, 7) is 3.71. The molecule has 112 valence electrons. The van der Waals surface area contributed by atoms with E-state index in [2.05, 4.69) is 9.62 Å². The van der Waals surface area contributed by atoms with E-state index in [-0.39, 0.29) is 4.90 Å². The summed E-state index contributed by atoms with van der Waals surface area (Å²) in [6.07, 6.45) is 4.67. The van der Waals surface area contributed by atoms with Crippen LogP contribution < -0.4 is 10.5 Å². The van der Waals surface area contributed by atoms with Gasteiger partial charge in [-0.25, -0.2) is 13.1 Å². The molecular weight excluding hydrogens is 274 g/mol. The van der Waals surface area contributed by atoms with Gasteiger partial charge in [0.1, 0.15) is 0 Å². The largest absolute Gasteiger partial charge is 0.399 e. The molecule has 0 atom stereocenters. The fraction of sp³-hybridized carbons (Fsp3) is 0.571. The molecule has 0 spiro atoms. The molecule has 1 aromatic carbocycles. The molecule has 1 saturated heterocycles. The molecule has 5 nitrogen and oxygen atoms in total. The minimum Gasteiger partial charge on any atom is -0.399 e. The van der Waals surface area contributed by atoms with Crippen LogP contribution in [0.4, 0.5) is 5.69 Å². The molecular formula is C14H23N3O2S. The molecule has 0 bridgehead atoms. The Morgan fingerprint density at radius 1 is 1.20 bits per heavy atom. The van der Waals surface area contributed by atoms with Gasteiger partial charge in [0, 0.05) is 12.2 Å². The number of anilines is 1. The normalized spacial score (nSPS) is 17.2. The lowest BCUT2D eigenvalue weighted by molar-refractivity contribution is 0.227. The van der Waals surface area contributed by atoms with Gasteiger partial charge < -0.3 is 10.6 Å². The molecule has 0 unspecified atom stereocenters. The zero-order valence-electron chi connectivity index (χ0n) is 11.7. The lowest BCUT2D eigenvalue weighted by Gasteiger charge is -2.26. The fourth-order valence-electron chi connectivity index (χ4n) is 2.46. The highest BCUT2D eigenvalue weighted by Crippen LogP contribution is 2.12. The Bertz CT molecular complexity index is 525. The zero-order chi connectivity index (χ0) is 14.4. The number of rotatable bonds is 6. The first kappa shape index (κ1) is 15.3. The highest BCUT2D eigenvalue weighted by molar-refractivity contribution is 7.89. The molecule has 3 N–H and O–H groups in total. The van der Waals surface area contributed by atoms with Gasteiger partial charge in [0.2, 0.25) is 10.0 Å². The predicted molar refractivity (Wildman–Crippen MR) is 81.0 cm³/mol. The van der Waals surface area contributed by atoms with Crippen LogP contribution in [0.15, 0.2) is 29.2 Å². The molecule has 1 heterocycles. The number of nitrogen functional groups attached to an aromatic ring is 1. The summed E-state index contributed by atoms with van der Waals surface area (Å²) in [4.78, 5) is 2.63. The molecule has 0 radical (unpaired) electrons. The van der Waals surface area contributed by atoms with Crippen molar-refractivity contribution in [3.63, 3.8) is 0 Å². The van der Waals surface area contributed by atoms with Crippen LogP contribution in [0.5, 0.6) is 0 Å². The maximum Gasteiger partial charge on any atom is 0.240 e. The van der Waals surface area contributed by atoms with Crippen molar-refractivity contribution < 1.29 is 8.42 Å². The zero-order valence-corrected chi connectivity index (χ0v) is 12.5. The van der Waals surface area contributed by atoms with E-state index in [9.17, 15) is 8.42 Å². The van der Waals surface area contributed by atoms with Crippen molar-refractivity contribution in [1.82, 2.24) is 9.62 Å². The van der Waals surface area contributed by atoms with E-state index >= 15 is 0 Å².